The van der Waals surface area contributed by atoms with Crippen LogP contribution in [0.1, 0.15) is 5.56 Å². The monoisotopic (exact) mass is 277 g/mol. The summed E-state index contributed by atoms with van der Waals surface area (Å²) in [6, 6.07) is 1.36. The number of aliphatic hydroxyl groups is 1. The number of halogens is 3. The molecule has 0 saturated heterocycles. The van der Waals surface area contributed by atoms with Crippen molar-refractivity contribution in [1.29, 1.82) is 0 Å². The maximum Gasteiger partial charge on any atom is 0.349 e. The summed E-state index contributed by atoms with van der Waals surface area (Å²) in [4.78, 5) is 21.8. The highest BCUT2D eigenvalue weighted by atomic mass is 19.3. The number of carbonyl (C=O) groups is 2. The van der Waals surface area contributed by atoms with Crippen molar-refractivity contribution < 1.29 is 33.0 Å². The number of aliphatic carboxylic acids is 1. The summed E-state index contributed by atoms with van der Waals surface area (Å²) >= 11 is 0. The van der Waals surface area contributed by atoms with E-state index < -0.39 is 41.8 Å². The first-order valence-corrected chi connectivity index (χ1v) is 5.07. The van der Waals surface area contributed by atoms with Gasteiger partial charge in [0, 0.05) is 5.56 Å². The number of amides is 1. The topological polar surface area (TPSA) is 86.6 Å². The minimum Gasteiger partial charge on any atom is -0.480 e. The van der Waals surface area contributed by atoms with Gasteiger partial charge in [0.15, 0.2) is 6.04 Å². The second-order valence-electron chi connectivity index (χ2n) is 3.63. The van der Waals surface area contributed by atoms with Crippen LogP contribution in [-0.2, 0) is 15.5 Å². The molecule has 0 heterocycles. The van der Waals surface area contributed by atoms with Crippen molar-refractivity contribution in [3.05, 3.63) is 35.6 Å². The fourth-order valence-electron chi connectivity index (χ4n) is 1.25. The predicted octanol–water partition coefficient (Wildman–Crippen LogP) is 0.479. The van der Waals surface area contributed by atoms with Gasteiger partial charge in [0.2, 0.25) is 0 Å². The van der Waals surface area contributed by atoms with Gasteiger partial charge in [-0.1, -0.05) is 12.1 Å². The van der Waals surface area contributed by atoms with Gasteiger partial charge in [-0.3, -0.25) is 4.79 Å². The SMILES string of the molecule is O=C(O)[C@H](CO)NC(=O)C(F)(F)c1cccc(F)c1. The first-order chi connectivity index (χ1) is 8.78. The molecule has 0 unspecified atom stereocenters. The van der Waals surface area contributed by atoms with Crippen molar-refractivity contribution in [3.8, 4) is 0 Å². The van der Waals surface area contributed by atoms with Crippen LogP contribution in [0.5, 0.6) is 0 Å². The third kappa shape index (κ3) is 3.44. The number of hydrogen-bond donors (Lipinski definition) is 3. The highest BCUT2D eigenvalue weighted by molar-refractivity contribution is 5.88. The highest BCUT2D eigenvalue weighted by Gasteiger charge is 2.42. The zero-order valence-electron chi connectivity index (χ0n) is 9.44. The Kier molecular flexibility index (Phi) is 4.49. The van der Waals surface area contributed by atoms with Crippen molar-refractivity contribution in [2.24, 2.45) is 0 Å². The Morgan fingerprint density at radius 1 is 1.37 bits per heavy atom. The lowest BCUT2D eigenvalue weighted by atomic mass is 10.1. The van der Waals surface area contributed by atoms with Gasteiger partial charge < -0.3 is 15.5 Å². The van der Waals surface area contributed by atoms with Crippen molar-refractivity contribution in [3.63, 3.8) is 0 Å². The molecule has 0 aliphatic heterocycles. The summed E-state index contributed by atoms with van der Waals surface area (Å²) in [5, 5.41) is 18.6. The molecule has 1 atom stereocenters. The van der Waals surface area contributed by atoms with E-state index in [2.05, 4.69) is 0 Å². The summed E-state index contributed by atoms with van der Waals surface area (Å²) in [5.41, 5.74) is -0.910. The molecule has 5 nitrogen and oxygen atoms in total. The summed E-state index contributed by atoms with van der Waals surface area (Å²) in [6.07, 6.45) is 0. The zero-order valence-corrected chi connectivity index (χ0v) is 9.44. The van der Waals surface area contributed by atoms with Gasteiger partial charge in [-0.05, 0) is 12.1 Å². The van der Waals surface area contributed by atoms with Gasteiger partial charge >= 0.3 is 11.9 Å². The average molecular weight is 277 g/mol. The third-order valence-electron chi connectivity index (χ3n) is 2.26. The van der Waals surface area contributed by atoms with Crippen molar-refractivity contribution >= 4 is 11.9 Å². The Morgan fingerprint density at radius 2 is 2.00 bits per heavy atom. The van der Waals surface area contributed by atoms with Crippen molar-refractivity contribution in [2.75, 3.05) is 6.61 Å². The maximum absolute atomic E-state index is 13.6. The first kappa shape index (κ1) is 15.0. The Morgan fingerprint density at radius 3 is 2.47 bits per heavy atom. The molecular formula is C11H10F3NO4. The number of carboxylic acids is 1. The molecule has 0 bridgehead atoms. The molecule has 1 aromatic rings. The molecule has 1 aromatic carbocycles. The van der Waals surface area contributed by atoms with E-state index in [-0.39, 0.29) is 0 Å². The quantitative estimate of drug-likeness (QED) is 0.730. The van der Waals surface area contributed by atoms with E-state index in [0.29, 0.717) is 6.07 Å². The molecule has 1 rings (SSSR count). The van der Waals surface area contributed by atoms with Crippen LogP contribution in [0.15, 0.2) is 24.3 Å². The number of aliphatic hydroxyl groups excluding tert-OH is 1. The number of nitrogens with one attached hydrogen (secondary N) is 1. The average Bonchev–Trinajstić information content (AvgIpc) is 2.35. The molecule has 0 spiro atoms. The van der Waals surface area contributed by atoms with E-state index in [1.165, 1.54) is 5.32 Å². The molecule has 0 fully saturated rings. The van der Waals surface area contributed by atoms with Crippen LogP contribution in [0.3, 0.4) is 0 Å². The minimum absolute atomic E-state index is 0.467. The Balaban J connectivity index is 2.93. The molecule has 0 aliphatic carbocycles. The van der Waals surface area contributed by atoms with Crippen molar-refractivity contribution in [2.45, 2.75) is 12.0 Å². The number of rotatable bonds is 5. The summed E-state index contributed by atoms with van der Waals surface area (Å²) in [7, 11) is 0. The van der Waals surface area contributed by atoms with Crippen LogP contribution in [-0.4, -0.2) is 34.7 Å². The molecule has 8 heteroatoms. The number of carboxylic acid groups (broad SMARTS) is 1. The second-order valence-corrected chi connectivity index (χ2v) is 3.63. The van der Waals surface area contributed by atoms with Gasteiger partial charge in [0.25, 0.3) is 5.91 Å². The lowest BCUT2D eigenvalue weighted by Gasteiger charge is -2.19. The fourth-order valence-corrected chi connectivity index (χ4v) is 1.25. The van der Waals surface area contributed by atoms with Crippen LogP contribution >= 0.6 is 0 Å². The molecular weight excluding hydrogens is 267 g/mol. The van der Waals surface area contributed by atoms with Crippen molar-refractivity contribution in [1.82, 2.24) is 5.32 Å². The molecule has 0 saturated carbocycles. The zero-order chi connectivity index (χ0) is 14.6. The molecule has 0 aliphatic rings. The van der Waals surface area contributed by atoms with Gasteiger partial charge in [0.05, 0.1) is 6.61 Å². The Hall–Kier alpha value is -2.09. The van der Waals surface area contributed by atoms with E-state index in [0.717, 1.165) is 18.2 Å². The van der Waals surface area contributed by atoms with E-state index in [1.807, 2.05) is 0 Å². The second kappa shape index (κ2) is 5.70. The minimum atomic E-state index is -4.11. The number of carbonyl (C=O) groups excluding carboxylic acids is 1. The Labute approximate surface area is 105 Å². The molecule has 104 valence electrons. The lowest BCUT2D eigenvalue weighted by Crippen LogP contribution is -2.49. The smallest absolute Gasteiger partial charge is 0.349 e. The fraction of sp³-hybridized carbons (Fsp3) is 0.273. The van der Waals surface area contributed by atoms with Gasteiger partial charge in [-0.15, -0.1) is 0 Å². The maximum atomic E-state index is 13.6. The van der Waals surface area contributed by atoms with Crippen LogP contribution in [0.25, 0.3) is 0 Å². The molecule has 0 radical (unpaired) electrons. The van der Waals surface area contributed by atoms with Crippen LogP contribution in [0.2, 0.25) is 0 Å². The molecule has 3 N–H and O–H groups in total. The molecule has 1 amide bonds. The highest BCUT2D eigenvalue weighted by Crippen LogP contribution is 2.28. The normalized spacial score (nSPS) is 12.8. The van der Waals surface area contributed by atoms with Gasteiger partial charge in [-0.25, -0.2) is 9.18 Å². The van der Waals surface area contributed by atoms with Crippen LogP contribution in [0, 0.1) is 5.82 Å². The van der Waals surface area contributed by atoms with E-state index in [1.54, 1.807) is 0 Å². The van der Waals surface area contributed by atoms with Gasteiger partial charge in [-0.2, -0.15) is 8.78 Å². The Bertz CT molecular complexity index is 493. The number of benzene rings is 1. The van der Waals surface area contributed by atoms with Crippen LogP contribution < -0.4 is 5.32 Å². The summed E-state index contributed by atoms with van der Waals surface area (Å²) < 4.78 is 40.1. The van der Waals surface area contributed by atoms with Gasteiger partial charge in [0.1, 0.15) is 5.82 Å². The largest absolute Gasteiger partial charge is 0.480 e. The lowest BCUT2D eigenvalue weighted by molar-refractivity contribution is -0.153. The van der Waals surface area contributed by atoms with E-state index in [4.69, 9.17) is 10.2 Å². The third-order valence-corrected chi connectivity index (χ3v) is 2.26. The van der Waals surface area contributed by atoms with Crippen LogP contribution in [0.4, 0.5) is 13.2 Å². The predicted molar refractivity (Wildman–Crippen MR) is 56.9 cm³/mol. The van der Waals surface area contributed by atoms with E-state index >= 15 is 0 Å². The standard InChI is InChI=1S/C11H10F3NO4/c12-7-3-1-2-6(4-7)11(13,14)10(19)15-8(5-16)9(17)18/h1-4,8,16H,5H2,(H,15,19)(H,17,18)/t8-/m0/s1. The molecule has 0 aromatic heterocycles. The van der Waals surface area contributed by atoms with E-state index in [9.17, 15) is 22.8 Å². The first-order valence-electron chi connectivity index (χ1n) is 5.07. The summed E-state index contributed by atoms with van der Waals surface area (Å²) in [6.45, 7) is -1.04. The summed E-state index contributed by atoms with van der Waals surface area (Å²) in [5.74, 6) is -8.65. The number of alkyl halides is 2. The molecule has 19 heavy (non-hydrogen) atoms. The number of hydrogen-bond acceptors (Lipinski definition) is 3.